The van der Waals surface area contributed by atoms with Gasteiger partial charge in [0.25, 0.3) is 6.48 Å². The maximum atomic E-state index is 12.8. The molecule has 1 fully saturated rings. The number of methoxy groups -OCH3 is 1. The number of rotatable bonds is 7. The molecule has 8 nitrogen and oxygen atoms in total. The zero-order valence-electron chi connectivity index (χ0n) is 18.3. The molecule has 0 aliphatic carbocycles. The first-order chi connectivity index (χ1) is 14.1. The van der Waals surface area contributed by atoms with E-state index in [1.807, 2.05) is 37.3 Å². The predicted octanol–water partition coefficient (Wildman–Crippen LogP) is -0.338. The molecule has 0 spiro atoms. The number of aromatic nitrogens is 3. The molecule has 0 amide bonds. The van der Waals surface area contributed by atoms with Crippen LogP contribution in [0.5, 0.6) is 5.75 Å². The summed E-state index contributed by atoms with van der Waals surface area (Å²) in [5.41, 5.74) is 3.25. The van der Waals surface area contributed by atoms with Crippen molar-refractivity contribution in [1.29, 1.82) is 0 Å². The molecule has 10 heteroatoms. The second-order valence-electron chi connectivity index (χ2n) is 6.80. The first-order valence-corrected chi connectivity index (χ1v) is 10.6. The van der Waals surface area contributed by atoms with Crippen LogP contribution in [-0.2, 0) is 30.8 Å². The van der Waals surface area contributed by atoms with Crippen molar-refractivity contribution < 1.29 is 54.1 Å². The van der Waals surface area contributed by atoms with Gasteiger partial charge in [-0.2, -0.15) is 0 Å². The van der Waals surface area contributed by atoms with Crippen LogP contribution in [0, 0.1) is 12.8 Å². The fourth-order valence-electron chi connectivity index (χ4n) is 3.06. The molecule has 1 atom stereocenters. The van der Waals surface area contributed by atoms with E-state index in [9.17, 15) is 4.21 Å². The summed E-state index contributed by atoms with van der Waals surface area (Å²) in [4.78, 5) is 11.9. The second-order valence-corrected chi connectivity index (χ2v) is 8.16. The number of fused-ring (bicyclic) bond motifs is 1. The maximum Gasteiger partial charge on any atom is 1.00 e. The molecule has 1 saturated heterocycles. The number of hydrogen-bond donors (Lipinski definition) is 1. The average molecular weight is 441 g/mol. The molecule has 2 aromatic heterocycles. The Morgan fingerprint density at radius 1 is 1.27 bits per heavy atom. The number of imidazole rings is 1. The van der Waals surface area contributed by atoms with Crippen molar-refractivity contribution in [1.82, 2.24) is 15.0 Å². The molecule has 0 saturated carbocycles. The van der Waals surface area contributed by atoms with Crippen LogP contribution >= 0.6 is 0 Å². The van der Waals surface area contributed by atoms with Gasteiger partial charge in [-0.05, 0) is 25.1 Å². The number of benzene rings is 1. The van der Waals surface area contributed by atoms with Crippen LogP contribution in [-0.4, -0.2) is 52.6 Å². The summed E-state index contributed by atoms with van der Waals surface area (Å²) in [6, 6.07) is 9.43. The van der Waals surface area contributed by atoms with Crippen LogP contribution in [0.15, 0.2) is 41.7 Å². The topological polar surface area (TPSA) is 95.6 Å². The summed E-state index contributed by atoms with van der Waals surface area (Å²) in [5.74, 6) is 1.08. The zero-order chi connectivity index (χ0) is 20.2. The maximum absolute atomic E-state index is 12.8. The minimum absolute atomic E-state index is 0. The van der Waals surface area contributed by atoms with Crippen LogP contribution in [0.2, 0.25) is 0 Å². The van der Waals surface area contributed by atoms with E-state index >= 15 is 0 Å². The number of hydrogen-bond acceptors (Lipinski definition) is 7. The minimum atomic E-state index is -1.34. The Labute approximate surface area is 200 Å². The molecule has 156 valence electrons. The van der Waals surface area contributed by atoms with Gasteiger partial charge in [0, 0.05) is 24.8 Å². The molecule has 4 rings (SSSR count). The standard InChI is InChI=1S/C20H23N3O5S.Na.H/c1-13-17(12-29(24)19-22-15-5-3-4-6-16(15)23-19)21-8-7-18(13)26-9-14-10-27-20(25-2)28-11-14;;/h3-8,14,20H,9-12H2,1-2H3,(H,22,23);;/q;+1;-1. The zero-order valence-corrected chi connectivity index (χ0v) is 20.1. The van der Waals surface area contributed by atoms with Crippen molar-refractivity contribution in [3.8, 4) is 5.75 Å². The molecule has 0 radical (unpaired) electrons. The van der Waals surface area contributed by atoms with Gasteiger partial charge in [0.05, 0.1) is 53.1 Å². The Morgan fingerprint density at radius 3 is 2.77 bits per heavy atom. The average Bonchev–Trinajstić information content (AvgIpc) is 3.19. The first kappa shape index (κ1) is 23.3. The number of pyridine rings is 1. The van der Waals surface area contributed by atoms with E-state index in [0.29, 0.717) is 30.7 Å². The summed E-state index contributed by atoms with van der Waals surface area (Å²) < 4.78 is 34.6. The summed E-state index contributed by atoms with van der Waals surface area (Å²) in [6.45, 7) is 2.78. The molecule has 1 N–H and O–H groups in total. The molecule has 30 heavy (non-hydrogen) atoms. The molecule has 1 aliphatic rings. The number of nitrogens with zero attached hydrogens (tertiary/aromatic N) is 2. The Kier molecular flexibility index (Phi) is 8.41. The molecular formula is C20H24N3NaO5S. The van der Waals surface area contributed by atoms with Crippen LogP contribution in [0.25, 0.3) is 11.0 Å². The predicted molar refractivity (Wildman–Crippen MR) is 108 cm³/mol. The van der Waals surface area contributed by atoms with E-state index in [2.05, 4.69) is 15.0 Å². The van der Waals surface area contributed by atoms with Gasteiger partial charge in [0.1, 0.15) is 5.75 Å². The number of para-hydroxylation sites is 2. The first-order valence-electron chi connectivity index (χ1n) is 9.30. The van der Waals surface area contributed by atoms with Gasteiger partial charge >= 0.3 is 29.6 Å². The Bertz CT molecular complexity index is 980. The summed E-state index contributed by atoms with van der Waals surface area (Å²) in [6.07, 6.45) is 1.67. The molecule has 3 heterocycles. The minimum Gasteiger partial charge on any atom is -1.00 e. The SMILES string of the molecule is COC1OCC(COc2ccnc(CS(=O)c3nc4ccccc4[nH]3)c2C)CO1.[H-].[Na+]. The van der Waals surface area contributed by atoms with Crippen molar-refractivity contribution in [3.05, 3.63) is 47.8 Å². The third-order valence-corrected chi connectivity index (χ3v) is 5.87. The van der Waals surface area contributed by atoms with Crippen molar-refractivity contribution in [2.45, 2.75) is 24.3 Å². The normalized spacial score (nSPS) is 19.9. The van der Waals surface area contributed by atoms with Crippen LogP contribution in [0.4, 0.5) is 0 Å². The van der Waals surface area contributed by atoms with Gasteiger partial charge in [-0.25, -0.2) is 4.98 Å². The third kappa shape index (κ3) is 5.47. The van der Waals surface area contributed by atoms with Gasteiger partial charge in [0.2, 0.25) is 0 Å². The number of H-pyrrole nitrogens is 1. The van der Waals surface area contributed by atoms with E-state index in [1.165, 1.54) is 0 Å². The summed E-state index contributed by atoms with van der Waals surface area (Å²) in [7, 11) is 0.203. The van der Waals surface area contributed by atoms with Crippen molar-refractivity contribution >= 4 is 21.8 Å². The van der Waals surface area contributed by atoms with E-state index in [0.717, 1.165) is 22.3 Å². The fraction of sp³-hybridized carbons (Fsp3) is 0.400. The number of nitrogens with one attached hydrogen (secondary N) is 1. The Hall–Kier alpha value is -1.33. The van der Waals surface area contributed by atoms with Crippen molar-refractivity contribution in [3.63, 3.8) is 0 Å². The van der Waals surface area contributed by atoms with E-state index in [1.54, 1.807) is 13.3 Å². The summed E-state index contributed by atoms with van der Waals surface area (Å²) in [5, 5.41) is 0.447. The van der Waals surface area contributed by atoms with Crippen LogP contribution in [0.3, 0.4) is 0 Å². The van der Waals surface area contributed by atoms with E-state index in [4.69, 9.17) is 18.9 Å². The van der Waals surface area contributed by atoms with E-state index in [-0.39, 0.29) is 42.7 Å². The Balaban J connectivity index is 0.00000171. The molecular weight excluding hydrogens is 417 g/mol. The van der Waals surface area contributed by atoms with Gasteiger partial charge < -0.3 is 25.4 Å². The number of aromatic amines is 1. The van der Waals surface area contributed by atoms with Crippen molar-refractivity contribution in [2.75, 3.05) is 26.9 Å². The van der Waals surface area contributed by atoms with Crippen molar-refractivity contribution in [2.24, 2.45) is 5.92 Å². The second kappa shape index (κ2) is 10.8. The molecule has 3 aromatic rings. The van der Waals surface area contributed by atoms with Crippen LogP contribution < -0.4 is 34.3 Å². The molecule has 0 bridgehead atoms. The molecule has 1 aromatic carbocycles. The van der Waals surface area contributed by atoms with E-state index < -0.39 is 17.3 Å². The van der Waals surface area contributed by atoms with Crippen LogP contribution in [0.1, 0.15) is 12.7 Å². The van der Waals surface area contributed by atoms with Gasteiger partial charge in [-0.3, -0.25) is 9.19 Å². The fourth-order valence-corrected chi connectivity index (χ4v) is 4.16. The molecule has 1 unspecified atom stereocenters. The van der Waals surface area contributed by atoms with Gasteiger partial charge in [-0.15, -0.1) is 0 Å². The number of ether oxygens (including phenoxy) is 4. The monoisotopic (exact) mass is 441 g/mol. The van der Waals surface area contributed by atoms with Gasteiger partial charge in [0.15, 0.2) is 5.16 Å². The third-order valence-electron chi connectivity index (χ3n) is 4.71. The smallest absolute Gasteiger partial charge is 1.00 e. The quantitative estimate of drug-likeness (QED) is 0.502. The Morgan fingerprint density at radius 2 is 2.03 bits per heavy atom. The largest absolute Gasteiger partial charge is 1.00 e. The molecule has 1 aliphatic heterocycles. The van der Waals surface area contributed by atoms with Gasteiger partial charge in [-0.1, -0.05) is 12.1 Å². The summed E-state index contributed by atoms with van der Waals surface area (Å²) >= 11 is 0.